The Kier molecular flexibility index (Phi) is 3.07. The molecule has 0 spiro atoms. The summed E-state index contributed by atoms with van der Waals surface area (Å²) in [4.78, 5) is 17.6. The molecule has 13 heavy (non-hydrogen) atoms. The number of nitrogens with zero attached hydrogens (tertiary/aromatic N) is 2. The Hall–Kier alpha value is -1.30. The molecule has 1 amide bonds. The largest absolute Gasteiger partial charge is 0.315 e. The minimum Gasteiger partial charge on any atom is -0.303 e. The van der Waals surface area contributed by atoms with Crippen molar-refractivity contribution in [2.75, 3.05) is 5.32 Å². The summed E-state index contributed by atoms with van der Waals surface area (Å²) in [5.74, 6) is -1.63. The molecule has 1 heterocycles. The molecule has 0 atom stereocenters. The Morgan fingerprint density at radius 1 is 1.46 bits per heavy atom. The number of aromatic nitrogens is 2. The molecular weight excluding hydrogens is 204 g/mol. The van der Waals surface area contributed by atoms with E-state index in [0.717, 1.165) is 0 Å². The molecule has 0 saturated carbocycles. The van der Waals surface area contributed by atoms with E-state index in [2.05, 4.69) is 9.97 Å². The first-order valence-electron chi connectivity index (χ1n) is 3.17. The van der Waals surface area contributed by atoms with E-state index >= 15 is 0 Å². The number of rotatable bonds is 2. The van der Waals surface area contributed by atoms with Crippen LogP contribution in [0.4, 0.5) is 14.6 Å². The first kappa shape index (κ1) is 9.79. The van der Waals surface area contributed by atoms with E-state index in [1.165, 1.54) is 12.4 Å². The van der Waals surface area contributed by atoms with Crippen LogP contribution in [-0.4, -0.2) is 22.3 Å². The summed E-state index contributed by atoms with van der Waals surface area (Å²) in [6, 6.07) is 0. The first-order chi connectivity index (χ1) is 6.11. The van der Waals surface area contributed by atoms with E-state index in [1.54, 1.807) is 0 Å². The summed E-state index contributed by atoms with van der Waals surface area (Å²) in [6.07, 6.45) is -0.592. The molecule has 1 rings (SSSR count). The van der Waals surface area contributed by atoms with Gasteiger partial charge in [0.05, 0.1) is 0 Å². The average molecular weight is 208 g/mol. The SMILES string of the molecule is O=C(Nc1nccnc1Cl)C(F)F. The van der Waals surface area contributed by atoms with Gasteiger partial charge in [-0.05, 0) is 0 Å². The van der Waals surface area contributed by atoms with Crippen LogP contribution in [0.15, 0.2) is 12.4 Å². The van der Waals surface area contributed by atoms with Gasteiger partial charge in [0.1, 0.15) is 0 Å². The number of nitrogens with one attached hydrogen (secondary N) is 1. The number of hydrogen-bond donors (Lipinski definition) is 1. The molecule has 70 valence electrons. The molecule has 1 N–H and O–H groups in total. The van der Waals surface area contributed by atoms with Gasteiger partial charge in [-0.2, -0.15) is 8.78 Å². The Labute approximate surface area is 76.9 Å². The minimum atomic E-state index is -3.10. The maximum Gasteiger partial charge on any atom is 0.315 e. The Bertz CT molecular complexity index is 321. The van der Waals surface area contributed by atoms with Crippen molar-refractivity contribution >= 4 is 23.3 Å². The van der Waals surface area contributed by atoms with Gasteiger partial charge in [0.25, 0.3) is 5.91 Å². The predicted octanol–water partition coefficient (Wildman–Crippen LogP) is 1.33. The highest BCUT2D eigenvalue weighted by Gasteiger charge is 2.16. The van der Waals surface area contributed by atoms with Crippen LogP contribution in [-0.2, 0) is 4.79 Å². The van der Waals surface area contributed by atoms with E-state index in [4.69, 9.17) is 11.6 Å². The second-order valence-electron chi connectivity index (χ2n) is 1.99. The zero-order valence-electron chi connectivity index (χ0n) is 6.17. The highest BCUT2D eigenvalue weighted by molar-refractivity contribution is 6.32. The second-order valence-corrected chi connectivity index (χ2v) is 2.34. The van der Waals surface area contributed by atoms with Crippen LogP contribution < -0.4 is 5.32 Å². The normalized spacial score (nSPS) is 10.2. The number of halogens is 3. The van der Waals surface area contributed by atoms with Crippen molar-refractivity contribution in [3.8, 4) is 0 Å². The van der Waals surface area contributed by atoms with Crippen molar-refractivity contribution in [3.63, 3.8) is 0 Å². The van der Waals surface area contributed by atoms with E-state index in [9.17, 15) is 13.6 Å². The lowest BCUT2D eigenvalue weighted by Crippen LogP contribution is -2.21. The summed E-state index contributed by atoms with van der Waals surface area (Å²) in [7, 11) is 0. The number of carbonyl (C=O) groups excluding carboxylic acids is 1. The molecule has 0 bridgehead atoms. The fourth-order valence-corrected chi connectivity index (χ4v) is 0.729. The standard InChI is InChI=1S/C6H4ClF2N3O/c7-3-5(11-2-1-10-3)12-6(13)4(8)9/h1-2,4H,(H,11,12,13). The van der Waals surface area contributed by atoms with Crippen LogP contribution >= 0.6 is 11.6 Å². The molecule has 0 saturated heterocycles. The molecule has 0 aliphatic heterocycles. The third-order valence-electron chi connectivity index (χ3n) is 1.09. The summed E-state index contributed by atoms with van der Waals surface area (Å²) in [5, 5.41) is 1.69. The highest BCUT2D eigenvalue weighted by atomic mass is 35.5. The molecule has 1 aromatic rings. The summed E-state index contributed by atoms with van der Waals surface area (Å²) < 4.78 is 23.5. The van der Waals surface area contributed by atoms with Crippen molar-refractivity contribution in [3.05, 3.63) is 17.5 Å². The Balaban J connectivity index is 2.75. The molecule has 0 aliphatic carbocycles. The predicted molar refractivity (Wildman–Crippen MR) is 41.7 cm³/mol. The molecule has 0 fully saturated rings. The Morgan fingerprint density at radius 2 is 2.08 bits per heavy atom. The number of carbonyl (C=O) groups is 1. The van der Waals surface area contributed by atoms with Crippen LogP contribution in [0.1, 0.15) is 0 Å². The molecule has 7 heteroatoms. The van der Waals surface area contributed by atoms with Crippen LogP contribution in [0.3, 0.4) is 0 Å². The van der Waals surface area contributed by atoms with Gasteiger partial charge < -0.3 is 5.32 Å². The molecule has 1 aromatic heterocycles. The Morgan fingerprint density at radius 3 is 2.62 bits per heavy atom. The fourth-order valence-electron chi connectivity index (χ4n) is 0.576. The average Bonchev–Trinajstić information content (AvgIpc) is 2.08. The monoisotopic (exact) mass is 207 g/mol. The maximum absolute atomic E-state index is 11.7. The molecular formula is C6H4ClF2N3O. The molecule has 0 aliphatic rings. The van der Waals surface area contributed by atoms with E-state index in [-0.39, 0.29) is 11.0 Å². The number of amides is 1. The zero-order valence-corrected chi connectivity index (χ0v) is 6.92. The van der Waals surface area contributed by atoms with Crippen LogP contribution in [0, 0.1) is 0 Å². The zero-order chi connectivity index (χ0) is 9.84. The van der Waals surface area contributed by atoms with Crippen LogP contribution in [0.5, 0.6) is 0 Å². The highest BCUT2D eigenvalue weighted by Crippen LogP contribution is 2.14. The smallest absolute Gasteiger partial charge is 0.303 e. The lowest BCUT2D eigenvalue weighted by atomic mass is 10.6. The second kappa shape index (κ2) is 4.08. The van der Waals surface area contributed by atoms with Gasteiger partial charge in [-0.3, -0.25) is 4.79 Å². The fraction of sp³-hybridized carbons (Fsp3) is 0.167. The van der Waals surface area contributed by atoms with E-state index < -0.39 is 12.3 Å². The van der Waals surface area contributed by atoms with E-state index in [0.29, 0.717) is 0 Å². The third-order valence-corrected chi connectivity index (χ3v) is 1.37. The minimum absolute atomic E-state index is 0.128. The lowest BCUT2D eigenvalue weighted by molar-refractivity contribution is -0.126. The molecule has 4 nitrogen and oxygen atoms in total. The van der Waals surface area contributed by atoms with Crippen molar-refractivity contribution in [2.24, 2.45) is 0 Å². The molecule has 0 aromatic carbocycles. The maximum atomic E-state index is 11.7. The first-order valence-corrected chi connectivity index (χ1v) is 3.54. The van der Waals surface area contributed by atoms with Crippen LogP contribution in [0.2, 0.25) is 5.15 Å². The van der Waals surface area contributed by atoms with Crippen molar-refractivity contribution in [1.29, 1.82) is 0 Å². The summed E-state index contributed by atoms with van der Waals surface area (Å²) in [6.45, 7) is 0. The van der Waals surface area contributed by atoms with Gasteiger partial charge in [0.15, 0.2) is 11.0 Å². The van der Waals surface area contributed by atoms with Gasteiger partial charge in [-0.1, -0.05) is 11.6 Å². The van der Waals surface area contributed by atoms with E-state index in [1.807, 2.05) is 5.32 Å². The van der Waals surface area contributed by atoms with Crippen molar-refractivity contribution in [2.45, 2.75) is 6.43 Å². The number of hydrogen-bond acceptors (Lipinski definition) is 3. The van der Waals surface area contributed by atoms with Gasteiger partial charge >= 0.3 is 6.43 Å². The molecule has 0 radical (unpaired) electrons. The number of alkyl halides is 2. The van der Waals surface area contributed by atoms with Crippen LogP contribution in [0.25, 0.3) is 0 Å². The summed E-state index contributed by atoms with van der Waals surface area (Å²) in [5.41, 5.74) is 0. The molecule has 0 unspecified atom stereocenters. The van der Waals surface area contributed by atoms with Crippen molar-refractivity contribution in [1.82, 2.24) is 9.97 Å². The van der Waals surface area contributed by atoms with Gasteiger partial charge in [0, 0.05) is 12.4 Å². The quantitative estimate of drug-likeness (QED) is 0.796. The van der Waals surface area contributed by atoms with Crippen molar-refractivity contribution < 1.29 is 13.6 Å². The third kappa shape index (κ3) is 2.59. The van der Waals surface area contributed by atoms with Gasteiger partial charge in [-0.15, -0.1) is 0 Å². The van der Waals surface area contributed by atoms with Gasteiger partial charge in [-0.25, -0.2) is 9.97 Å². The summed E-state index contributed by atoms with van der Waals surface area (Å²) >= 11 is 5.44. The van der Waals surface area contributed by atoms with Gasteiger partial charge in [0.2, 0.25) is 0 Å². The number of anilines is 1. The lowest BCUT2D eigenvalue weighted by Gasteiger charge is -2.03. The topological polar surface area (TPSA) is 54.9 Å².